The molecular weight excluding hydrogens is 322 g/mol. The van der Waals surface area contributed by atoms with E-state index in [2.05, 4.69) is 22.4 Å². The Kier molecular flexibility index (Phi) is 5.08. The van der Waals surface area contributed by atoms with Crippen LogP contribution in [0.3, 0.4) is 0 Å². The van der Waals surface area contributed by atoms with E-state index in [1.165, 1.54) is 5.56 Å². The number of thiazole rings is 1. The summed E-state index contributed by atoms with van der Waals surface area (Å²) in [6, 6.07) is 17.7. The van der Waals surface area contributed by atoms with Crippen LogP contribution in [0.1, 0.15) is 5.56 Å². The van der Waals surface area contributed by atoms with E-state index in [4.69, 9.17) is 10.5 Å². The number of hydrogen-bond donors (Lipinski definition) is 2. The van der Waals surface area contributed by atoms with E-state index in [-0.39, 0.29) is 6.61 Å². The summed E-state index contributed by atoms with van der Waals surface area (Å²) >= 11 is 1.62. The number of carbonyl (C=O) groups excluding carboxylic acids is 1. The van der Waals surface area contributed by atoms with Crippen LogP contribution in [0.4, 0.5) is 5.13 Å². The van der Waals surface area contributed by atoms with Gasteiger partial charge in [-0.1, -0.05) is 53.8 Å². The highest BCUT2D eigenvalue weighted by Gasteiger charge is 2.04. The maximum atomic E-state index is 10.7. The predicted octanol–water partition coefficient (Wildman–Crippen LogP) is 3.29. The zero-order valence-electron chi connectivity index (χ0n) is 12.9. The van der Waals surface area contributed by atoms with Gasteiger partial charge in [-0.05, 0) is 23.3 Å². The average molecular weight is 339 g/mol. The fourth-order valence-electron chi connectivity index (χ4n) is 2.13. The highest BCUT2D eigenvalue weighted by atomic mass is 32.1. The maximum Gasteiger partial charge on any atom is 0.255 e. The molecule has 3 aromatic rings. The van der Waals surface area contributed by atoms with Crippen LogP contribution in [-0.2, 0) is 11.3 Å². The van der Waals surface area contributed by atoms with E-state index in [1.54, 1.807) is 11.3 Å². The second-order valence-electron chi connectivity index (χ2n) is 5.15. The lowest BCUT2D eigenvalue weighted by Gasteiger charge is -2.06. The van der Waals surface area contributed by atoms with Crippen molar-refractivity contribution in [3.63, 3.8) is 0 Å². The van der Waals surface area contributed by atoms with Crippen LogP contribution in [0, 0.1) is 0 Å². The third-order valence-electron chi connectivity index (χ3n) is 3.31. The predicted molar refractivity (Wildman–Crippen MR) is 96.0 cm³/mol. The van der Waals surface area contributed by atoms with Crippen molar-refractivity contribution in [2.75, 3.05) is 11.9 Å². The summed E-state index contributed by atoms with van der Waals surface area (Å²) in [6.45, 7) is 0.552. The summed E-state index contributed by atoms with van der Waals surface area (Å²) in [5.41, 5.74) is 7.31. The Morgan fingerprint density at radius 2 is 1.88 bits per heavy atom. The van der Waals surface area contributed by atoms with E-state index in [9.17, 15) is 4.79 Å². The number of aromatic nitrogens is 1. The van der Waals surface area contributed by atoms with Gasteiger partial charge in [-0.2, -0.15) is 0 Å². The molecule has 0 atom stereocenters. The van der Waals surface area contributed by atoms with Crippen LogP contribution >= 0.6 is 11.3 Å². The molecule has 0 saturated heterocycles. The quantitative estimate of drug-likeness (QED) is 0.692. The summed E-state index contributed by atoms with van der Waals surface area (Å²) in [5, 5.41) is 4.19. The number of benzene rings is 2. The van der Waals surface area contributed by atoms with E-state index in [0.717, 1.165) is 15.6 Å². The van der Waals surface area contributed by atoms with E-state index >= 15 is 0 Å². The third-order valence-corrected chi connectivity index (χ3v) is 4.32. The van der Waals surface area contributed by atoms with E-state index in [1.807, 2.05) is 48.7 Å². The third kappa shape index (κ3) is 4.33. The molecule has 3 rings (SSSR count). The SMILES string of the molecule is NC(=O)COc1ccc(CNc2ncc(-c3ccccc3)s2)cc1. The fraction of sp³-hybridized carbons (Fsp3) is 0.111. The van der Waals surface area contributed by atoms with Crippen molar-refractivity contribution in [3.05, 3.63) is 66.4 Å². The van der Waals surface area contributed by atoms with Gasteiger partial charge in [0.05, 0.1) is 4.88 Å². The number of rotatable bonds is 7. The van der Waals surface area contributed by atoms with Gasteiger partial charge in [0.15, 0.2) is 11.7 Å². The molecule has 0 aliphatic carbocycles. The normalized spacial score (nSPS) is 10.3. The highest BCUT2D eigenvalue weighted by molar-refractivity contribution is 7.18. The number of amides is 1. The van der Waals surface area contributed by atoms with Crippen LogP contribution in [0.25, 0.3) is 10.4 Å². The fourth-order valence-corrected chi connectivity index (χ4v) is 2.94. The van der Waals surface area contributed by atoms with Gasteiger partial charge in [0.25, 0.3) is 5.91 Å². The van der Waals surface area contributed by atoms with Gasteiger partial charge in [0.2, 0.25) is 0 Å². The minimum absolute atomic E-state index is 0.112. The maximum absolute atomic E-state index is 10.7. The molecule has 0 aliphatic rings. The van der Waals surface area contributed by atoms with Gasteiger partial charge in [-0.25, -0.2) is 4.98 Å². The molecule has 0 radical (unpaired) electrons. The molecule has 5 nitrogen and oxygen atoms in total. The van der Waals surface area contributed by atoms with Crippen LogP contribution in [0.15, 0.2) is 60.8 Å². The molecule has 0 fully saturated rings. The minimum Gasteiger partial charge on any atom is -0.484 e. The van der Waals surface area contributed by atoms with Crippen LogP contribution in [0.5, 0.6) is 5.75 Å². The van der Waals surface area contributed by atoms with E-state index < -0.39 is 5.91 Å². The molecule has 0 unspecified atom stereocenters. The van der Waals surface area contributed by atoms with Crippen molar-refractivity contribution in [2.24, 2.45) is 5.73 Å². The second kappa shape index (κ2) is 7.61. The largest absolute Gasteiger partial charge is 0.484 e. The second-order valence-corrected chi connectivity index (χ2v) is 6.18. The zero-order valence-corrected chi connectivity index (χ0v) is 13.8. The number of nitrogens with two attached hydrogens (primary N) is 1. The van der Waals surface area contributed by atoms with Gasteiger partial charge in [-0.3, -0.25) is 4.79 Å². The number of anilines is 1. The van der Waals surface area contributed by atoms with Crippen molar-refractivity contribution in [1.29, 1.82) is 0 Å². The van der Waals surface area contributed by atoms with Crippen LogP contribution in [0.2, 0.25) is 0 Å². The molecule has 0 bridgehead atoms. The first-order chi connectivity index (χ1) is 11.7. The first-order valence-corrected chi connectivity index (χ1v) is 8.27. The lowest BCUT2D eigenvalue weighted by Crippen LogP contribution is -2.19. The number of hydrogen-bond acceptors (Lipinski definition) is 5. The number of primary amides is 1. The zero-order chi connectivity index (χ0) is 16.8. The Morgan fingerprint density at radius 3 is 2.58 bits per heavy atom. The van der Waals surface area contributed by atoms with Gasteiger partial charge in [0.1, 0.15) is 5.75 Å². The molecule has 0 saturated carbocycles. The highest BCUT2D eigenvalue weighted by Crippen LogP contribution is 2.28. The van der Waals surface area contributed by atoms with Crippen LogP contribution in [-0.4, -0.2) is 17.5 Å². The van der Waals surface area contributed by atoms with Gasteiger partial charge in [0, 0.05) is 12.7 Å². The molecule has 122 valence electrons. The summed E-state index contributed by atoms with van der Waals surface area (Å²) < 4.78 is 5.23. The van der Waals surface area contributed by atoms with E-state index in [0.29, 0.717) is 12.3 Å². The van der Waals surface area contributed by atoms with Crippen molar-refractivity contribution in [1.82, 2.24) is 4.98 Å². The molecule has 0 aliphatic heterocycles. The summed E-state index contributed by atoms with van der Waals surface area (Å²) in [6.07, 6.45) is 1.88. The van der Waals surface area contributed by atoms with Crippen molar-refractivity contribution < 1.29 is 9.53 Å². The first-order valence-electron chi connectivity index (χ1n) is 7.46. The lowest BCUT2D eigenvalue weighted by molar-refractivity contribution is -0.119. The molecule has 0 spiro atoms. The Bertz CT molecular complexity index is 801. The average Bonchev–Trinajstić information content (AvgIpc) is 3.09. The molecule has 1 amide bonds. The number of ether oxygens (including phenoxy) is 1. The van der Waals surface area contributed by atoms with Crippen LogP contribution < -0.4 is 15.8 Å². The smallest absolute Gasteiger partial charge is 0.255 e. The molecule has 1 heterocycles. The molecule has 3 N–H and O–H groups in total. The molecule has 6 heteroatoms. The molecular formula is C18H17N3O2S. The summed E-state index contributed by atoms with van der Waals surface area (Å²) in [7, 11) is 0. The Labute approximate surface area is 144 Å². The van der Waals surface area contributed by atoms with Crippen molar-refractivity contribution in [3.8, 4) is 16.2 Å². The standard InChI is InChI=1S/C18H17N3O2S/c19-17(22)12-23-15-8-6-13(7-9-15)10-20-18-21-11-16(24-18)14-4-2-1-3-5-14/h1-9,11H,10,12H2,(H2,19,22)(H,20,21). The van der Waals surface area contributed by atoms with Crippen molar-refractivity contribution >= 4 is 22.4 Å². The molecule has 1 aromatic heterocycles. The first kappa shape index (κ1) is 16.0. The molecule has 24 heavy (non-hydrogen) atoms. The number of nitrogens with one attached hydrogen (secondary N) is 1. The number of carbonyl (C=O) groups is 1. The van der Waals surface area contributed by atoms with Gasteiger partial charge >= 0.3 is 0 Å². The Hall–Kier alpha value is -2.86. The lowest BCUT2D eigenvalue weighted by atomic mass is 10.2. The number of nitrogens with zero attached hydrogens (tertiary/aromatic N) is 1. The summed E-state index contributed by atoms with van der Waals surface area (Å²) in [5.74, 6) is 0.136. The molecule has 2 aromatic carbocycles. The Morgan fingerprint density at radius 1 is 1.12 bits per heavy atom. The van der Waals surface area contributed by atoms with Crippen molar-refractivity contribution in [2.45, 2.75) is 6.54 Å². The van der Waals surface area contributed by atoms with Gasteiger partial charge in [-0.15, -0.1) is 0 Å². The summed E-state index contributed by atoms with van der Waals surface area (Å²) in [4.78, 5) is 16.2. The topological polar surface area (TPSA) is 77.2 Å². The minimum atomic E-state index is -0.487. The monoisotopic (exact) mass is 339 g/mol. The Balaban J connectivity index is 1.56. The van der Waals surface area contributed by atoms with Gasteiger partial charge < -0.3 is 15.8 Å².